The average Bonchev–Trinajstić information content (AvgIpc) is 2.40. The van der Waals surface area contributed by atoms with E-state index in [1.54, 1.807) is 14.0 Å². The molecule has 1 fully saturated rings. The van der Waals surface area contributed by atoms with Crippen LogP contribution in [-0.4, -0.2) is 47.7 Å². The molecule has 0 aromatic heterocycles. The Morgan fingerprint density at radius 2 is 2.21 bits per heavy atom. The van der Waals surface area contributed by atoms with Crippen LogP contribution in [0.2, 0.25) is 0 Å². The first-order chi connectivity index (χ1) is 9.03. The summed E-state index contributed by atoms with van der Waals surface area (Å²) >= 11 is 0. The maximum atomic E-state index is 11.2. The van der Waals surface area contributed by atoms with Crippen molar-refractivity contribution in [3.8, 4) is 0 Å². The fourth-order valence-electron chi connectivity index (χ4n) is 2.99. The molecular formula is C15H30N2O2. The highest BCUT2D eigenvalue weighted by atomic mass is 16.4. The van der Waals surface area contributed by atoms with Crippen LogP contribution < -0.4 is 5.32 Å². The first-order valence-corrected chi connectivity index (χ1v) is 7.70. The topological polar surface area (TPSA) is 52.6 Å². The van der Waals surface area contributed by atoms with Crippen LogP contribution in [-0.2, 0) is 4.79 Å². The number of hydrogen-bond donors (Lipinski definition) is 2. The highest BCUT2D eigenvalue weighted by Gasteiger charge is 2.31. The van der Waals surface area contributed by atoms with Crippen molar-refractivity contribution in [3.05, 3.63) is 0 Å². The fourth-order valence-corrected chi connectivity index (χ4v) is 2.99. The van der Waals surface area contributed by atoms with Gasteiger partial charge in [0.25, 0.3) is 0 Å². The molecule has 1 saturated heterocycles. The second-order valence-corrected chi connectivity index (χ2v) is 5.97. The quantitative estimate of drug-likeness (QED) is 0.711. The van der Waals surface area contributed by atoms with Gasteiger partial charge in [-0.2, -0.15) is 0 Å². The normalized spacial score (nSPS) is 24.1. The summed E-state index contributed by atoms with van der Waals surface area (Å²) in [7, 11) is 1.73. The van der Waals surface area contributed by atoms with E-state index in [0.717, 1.165) is 19.0 Å². The van der Waals surface area contributed by atoms with Crippen LogP contribution in [0, 0.1) is 0 Å². The summed E-state index contributed by atoms with van der Waals surface area (Å²) in [6.07, 6.45) is 8.12. The van der Waals surface area contributed by atoms with Crippen LogP contribution in [0.1, 0.15) is 58.8 Å². The summed E-state index contributed by atoms with van der Waals surface area (Å²) < 4.78 is 0. The molecule has 0 bridgehead atoms. The second-order valence-electron chi connectivity index (χ2n) is 5.97. The Kier molecular flexibility index (Phi) is 6.80. The van der Waals surface area contributed by atoms with Crippen molar-refractivity contribution in [2.45, 2.75) is 70.4 Å². The Morgan fingerprint density at radius 1 is 1.47 bits per heavy atom. The minimum Gasteiger partial charge on any atom is -0.480 e. The molecule has 0 radical (unpaired) electrons. The van der Waals surface area contributed by atoms with E-state index in [2.05, 4.69) is 17.1 Å². The van der Waals surface area contributed by atoms with Gasteiger partial charge in [0.2, 0.25) is 0 Å². The van der Waals surface area contributed by atoms with E-state index in [4.69, 9.17) is 0 Å². The van der Waals surface area contributed by atoms with Gasteiger partial charge in [0.1, 0.15) is 5.54 Å². The molecule has 1 heterocycles. The van der Waals surface area contributed by atoms with Crippen LogP contribution in [0.5, 0.6) is 0 Å². The Hall–Kier alpha value is -0.610. The number of carboxylic acid groups (broad SMARTS) is 1. The summed E-state index contributed by atoms with van der Waals surface area (Å²) in [6, 6.07) is 0.726. The lowest BCUT2D eigenvalue weighted by Gasteiger charge is -2.36. The minimum atomic E-state index is -0.782. The molecule has 19 heavy (non-hydrogen) atoms. The highest BCUT2D eigenvalue weighted by molar-refractivity contribution is 5.78. The molecule has 0 amide bonds. The van der Waals surface area contributed by atoms with Crippen molar-refractivity contribution in [1.82, 2.24) is 10.2 Å². The number of carboxylic acids is 1. The van der Waals surface area contributed by atoms with Gasteiger partial charge >= 0.3 is 5.97 Å². The molecule has 4 nitrogen and oxygen atoms in total. The lowest BCUT2D eigenvalue weighted by molar-refractivity contribution is -0.144. The minimum absolute atomic E-state index is 0.689. The zero-order valence-electron chi connectivity index (χ0n) is 12.7. The predicted molar refractivity (Wildman–Crippen MR) is 78.5 cm³/mol. The first kappa shape index (κ1) is 16.4. The van der Waals surface area contributed by atoms with Gasteiger partial charge in [-0.1, -0.05) is 19.8 Å². The third-order valence-electron chi connectivity index (χ3n) is 4.52. The Bertz CT molecular complexity index is 281. The zero-order valence-corrected chi connectivity index (χ0v) is 12.7. The Labute approximate surface area is 117 Å². The number of carbonyl (C=O) groups is 1. The number of likely N-dealkylation sites (N-methyl/N-ethyl adjacent to an activating group) is 1. The maximum Gasteiger partial charge on any atom is 0.323 e. The SMILES string of the molecule is CCCC1CCCCN1CCCC(C)(NC)C(=O)O. The number of likely N-dealkylation sites (tertiary alicyclic amines) is 1. The van der Waals surface area contributed by atoms with Gasteiger partial charge < -0.3 is 15.3 Å². The molecule has 0 aromatic carbocycles. The van der Waals surface area contributed by atoms with Crippen LogP contribution in [0.4, 0.5) is 0 Å². The largest absolute Gasteiger partial charge is 0.480 e. The molecule has 112 valence electrons. The second kappa shape index (κ2) is 7.85. The number of aliphatic carboxylic acids is 1. The van der Waals surface area contributed by atoms with Crippen molar-refractivity contribution in [3.63, 3.8) is 0 Å². The molecule has 0 aromatic rings. The summed E-state index contributed by atoms with van der Waals surface area (Å²) in [5.74, 6) is -0.751. The van der Waals surface area contributed by atoms with E-state index in [9.17, 15) is 9.90 Å². The summed E-state index contributed by atoms with van der Waals surface area (Å²) in [5, 5.41) is 12.2. The summed E-state index contributed by atoms with van der Waals surface area (Å²) in [5.41, 5.74) is -0.782. The third kappa shape index (κ3) is 4.77. The van der Waals surface area contributed by atoms with E-state index in [0.29, 0.717) is 6.42 Å². The molecule has 1 rings (SSSR count). The molecule has 2 N–H and O–H groups in total. The Balaban J connectivity index is 2.39. The van der Waals surface area contributed by atoms with Crippen molar-refractivity contribution in [2.24, 2.45) is 0 Å². The molecule has 0 aliphatic carbocycles. The molecule has 2 atom stereocenters. The van der Waals surface area contributed by atoms with Gasteiger partial charge in [-0.25, -0.2) is 0 Å². The van der Waals surface area contributed by atoms with Gasteiger partial charge in [-0.3, -0.25) is 4.79 Å². The van der Waals surface area contributed by atoms with Crippen LogP contribution >= 0.6 is 0 Å². The van der Waals surface area contributed by atoms with Crippen molar-refractivity contribution < 1.29 is 9.90 Å². The van der Waals surface area contributed by atoms with Crippen molar-refractivity contribution >= 4 is 5.97 Å². The average molecular weight is 270 g/mol. The number of rotatable bonds is 8. The Morgan fingerprint density at radius 3 is 2.79 bits per heavy atom. The van der Waals surface area contributed by atoms with Crippen molar-refractivity contribution in [2.75, 3.05) is 20.1 Å². The monoisotopic (exact) mass is 270 g/mol. The van der Waals surface area contributed by atoms with E-state index >= 15 is 0 Å². The van der Waals surface area contributed by atoms with Crippen LogP contribution in [0.15, 0.2) is 0 Å². The van der Waals surface area contributed by atoms with Gasteiger partial charge in [-0.15, -0.1) is 0 Å². The predicted octanol–water partition coefficient (Wildman–Crippen LogP) is 2.48. The molecule has 1 aliphatic rings. The number of nitrogens with one attached hydrogen (secondary N) is 1. The lowest BCUT2D eigenvalue weighted by Crippen LogP contribution is -2.48. The molecule has 0 spiro atoms. The summed E-state index contributed by atoms with van der Waals surface area (Å²) in [4.78, 5) is 13.8. The molecule has 2 unspecified atom stereocenters. The van der Waals surface area contributed by atoms with Crippen LogP contribution in [0.3, 0.4) is 0 Å². The standard InChI is InChI=1S/C15H30N2O2/c1-4-8-13-9-5-6-11-17(13)12-7-10-15(2,16-3)14(18)19/h13,16H,4-12H2,1-3H3,(H,18,19). The van der Waals surface area contributed by atoms with E-state index in [1.807, 2.05) is 0 Å². The zero-order chi connectivity index (χ0) is 14.3. The maximum absolute atomic E-state index is 11.2. The van der Waals surface area contributed by atoms with Crippen LogP contribution in [0.25, 0.3) is 0 Å². The van der Waals surface area contributed by atoms with E-state index < -0.39 is 11.5 Å². The lowest BCUT2D eigenvalue weighted by atomic mass is 9.94. The fraction of sp³-hybridized carbons (Fsp3) is 0.933. The van der Waals surface area contributed by atoms with Gasteiger partial charge in [-0.05, 0) is 59.2 Å². The molecule has 0 saturated carbocycles. The van der Waals surface area contributed by atoms with E-state index in [-0.39, 0.29) is 0 Å². The van der Waals surface area contributed by atoms with E-state index in [1.165, 1.54) is 38.6 Å². The third-order valence-corrected chi connectivity index (χ3v) is 4.52. The van der Waals surface area contributed by atoms with Gasteiger partial charge in [0.15, 0.2) is 0 Å². The molecule has 4 heteroatoms. The molecule has 1 aliphatic heterocycles. The van der Waals surface area contributed by atoms with Gasteiger partial charge in [0, 0.05) is 6.04 Å². The number of piperidine rings is 1. The smallest absolute Gasteiger partial charge is 0.323 e. The number of nitrogens with zero attached hydrogens (tertiary/aromatic N) is 1. The highest BCUT2D eigenvalue weighted by Crippen LogP contribution is 2.22. The summed E-state index contributed by atoms with van der Waals surface area (Å²) in [6.45, 7) is 6.24. The van der Waals surface area contributed by atoms with Crippen molar-refractivity contribution in [1.29, 1.82) is 0 Å². The number of hydrogen-bond acceptors (Lipinski definition) is 3. The molecular weight excluding hydrogens is 240 g/mol. The first-order valence-electron chi connectivity index (χ1n) is 7.70. The van der Waals surface area contributed by atoms with Gasteiger partial charge in [0.05, 0.1) is 0 Å².